The minimum absolute atomic E-state index is 0.238. The number of imidazole rings is 1. The van der Waals surface area contributed by atoms with E-state index in [-0.39, 0.29) is 5.41 Å². The van der Waals surface area contributed by atoms with Crippen LogP contribution in [0.3, 0.4) is 0 Å². The van der Waals surface area contributed by atoms with Gasteiger partial charge >= 0.3 is 0 Å². The van der Waals surface area contributed by atoms with Crippen LogP contribution < -0.4 is 9.47 Å². The number of rotatable bonds is 11. The monoisotopic (exact) mass is 490 g/mol. The smallest absolute Gasteiger partial charge is 0.144 e. The number of ether oxygens (including phenoxy) is 4. The fourth-order valence-electron chi connectivity index (χ4n) is 4.78. The molecule has 0 aliphatic heterocycles. The lowest BCUT2D eigenvalue weighted by Crippen LogP contribution is -2.26. The van der Waals surface area contributed by atoms with Gasteiger partial charge in [-0.15, -0.1) is 0 Å². The second kappa shape index (κ2) is 11.3. The first-order valence-electron chi connectivity index (χ1n) is 12.6. The molecule has 0 saturated carbocycles. The summed E-state index contributed by atoms with van der Waals surface area (Å²) < 4.78 is 24.6. The highest BCUT2D eigenvalue weighted by atomic mass is 16.5. The number of allylic oxidation sites excluding steroid dienone is 4. The largest absolute Gasteiger partial charge is 0.494 e. The number of benzene rings is 2. The van der Waals surface area contributed by atoms with Crippen LogP contribution in [0.1, 0.15) is 33.0 Å². The summed E-state index contributed by atoms with van der Waals surface area (Å²) in [5, 5.41) is 0. The minimum Gasteiger partial charge on any atom is -0.494 e. The van der Waals surface area contributed by atoms with Crippen LogP contribution in [0.25, 0.3) is 22.2 Å². The Balaban J connectivity index is 1.86. The fourth-order valence-corrected chi connectivity index (χ4v) is 4.78. The molecule has 0 N–H and O–H groups in total. The zero-order valence-corrected chi connectivity index (χ0v) is 22.3. The molecule has 1 aliphatic carbocycles. The molecular weight excluding hydrogens is 452 g/mol. The molecule has 0 fully saturated rings. The lowest BCUT2D eigenvalue weighted by molar-refractivity contribution is 0.146. The van der Waals surface area contributed by atoms with Crippen molar-refractivity contribution < 1.29 is 18.9 Å². The van der Waals surface area contributed by atoms with Crippen molar-refractivity contribution in [2.75, 3.05) is 41.2 Å². The average molecular weight is 491 g/mol. The van der Waals surface area contributed by atoms with E-state index >= 15 is 0 Å². The molecule has 0 radical (unpaired) electrons. The van der Waals surface area contributed by atoms with Gasteiger partial charge in [0.25, 0.3) is 0 Å². The first-order valence-corrected chi connectivity index (χ1v) is 12.6. The van der Waals surface area contributed by atoms with Crippen molar-refractivity contribution in [3.05, 3.63) is 66.0 Å². The van der Waals surface area contributed by atoms with Gasteiger partial charge in [0, 0.05) is 31.7 Å². The molecule has 0 bridgehead atoms. The predicted molar refractivity (Wildman–Crippen MR) is 145 cm³/mol. The Morgan fingerprint density at radius 1 is 1.03 bits per heavy atom. The van der Waals surface area contributed by atoms with Crippen LogP contribution in [0.4, 0.5) is 0 Å². The Morgan fingerprint density at radius 2 is 1.83 bits per heavy atom. The number of hydrogen-bond acceptors (Lipinski definition) is 5. The first kappa shape index (κ1) is 26.0. The van der Waals surface area contributed by atoms with Gasteiger partial charge in [-0.2, -0.15) is 0 Å². The van der Waals surface area contributed by atoms with Gasteiger partial charge in [0.1, 0.15) is 35.0 Å². The number of aromatic nitrogens is 2. The van der Waals surface area contributed by atoms with Gasteiger partial charge < -0.3 is 23.5 Å². The van der Waals surface area contributed by atoms with E-state index in [9.17, 15) is 0 Å². The van der Waals surface area contributed by atoms with E-state index in [0.717, 1.165) is 45.9 Å². The maximum atomic E-state index is 5.88. The molecule has 192 valence electrons. The Labute approximate surface area is 214 Å². The van der Waals surface area contributed by atoms with Crippen LogP contribution in [0, 0.1) is 5.92 Å². The third kappa shape index (κ3) is 5.20. The number of fused-ring (bicyclic) bond motifs is 1. The molecule has 0 amide bonds. The Bertz CT molecular complexity index is 1260. The molecule has 0 spiro atoms. The van der Waals surface area contributed by atoms with Crippen molar-refractivity contribution in [2.24, 2.45) is 5.92 Å². The molecule has 1 aliphatic rings. The third-order valence-electron chi connectivity index (χ3n) is 6.88. The van der Waals surface area contributed by atoms with E-state index in [1.165, 1.54) is 5.57 Å². The van der Waals surface area contributed by atoms with Crippen molar-refractivity contribution in [1.29, 1.82) is 0 Å². The van der Waals surface area contributed by atoms with Gasteiger partial charge in [0.15, 0.2) is 0 Å². The number of hydrogen-bond donors (Lipinski definition) is 0. The van der Waals surface area contributed by atoms with Crippen LogP contribution in [0.15, 0.2) is 60.2 Å². The van der Waals surface area contributed by atoms with E-state index in [1.807, 2.05) is 18.2 Å². The molecule has 36 heavy (non-hydrogen) atoms. The lowest BCUT2D eigenvalue weighted by atomic mass is 9.79. The quantitative estimate of drug-likeness (QED) is 0.300. The summed E-state index contributed by atoms with van der Waals surface area (Å²) in [6.45, 7) is 9.05. The maximum absolute atomic E-state index is 5.88. The van der Waals surface area contributed by atoms with Crippen molar-refractivity contribution in [1.82, 2.24) is 9.55 Å². The molecule has 6 nitrogen and oxygen atoms in total. The molecular formula is C30H38N2O4. The van der Waals surface area contributed by atoms with E-state index in [2.05, 4.69) is 61.8 Å². The normalized spacial score (nSPS) is 17.6. The van der Waals surface area contributed by atoms with Gasteiger partial charge in [-0.1, -0.05) is 44.2 Å². The van der Waals surface area contributed by atoms with Gasteiger partial charge in [-0.3, -0.25) is 0 Å². The summed E-state index contributed by atoms with van der Waals surface area (Å²) in [6.07, 6.45) is 7.81. The fraction of sp³-hybridized carbons (Fsp3) is 0.433. The second-order valence-electron chi connectivity index (χ2n) is 9.78. The highest BCUT2D eigenvalue weighted by molar-refractivity contribution is 5.96. The van der Waals surface area contributed by atoms with Crippen molar-refractivity contribution in [3.63, 3.8) is 0 Å². The minimum atomic E-state index is -0.238. The highest BCUT2D eigenvalue weighted by Gasteiger charge is 2.33. The van der Waals surface area contributed by atoms with Gasteiger partial charge in [0.05, 0.1) is 20.3 Å². The van der Waals surface area contributed by atoms with E-state index in [1.54, 1.807) is 21.3 Å². The highest BCUT2D eigenvalue weighted by Crippen LogP contribution is 2.41. The molecule has 2 aromatic carbocycles. The summed E-state index contributed by atoms with van der Waals surface area (Å²) in [6, 6.07) is 12.3. The molecule has 0 saturated heterocycles. The third-order valence-corrected chi connectivity index (χ3v) is 6.88. The van der Waals surface area contributed by atoms with Gasteiger partial charge in [-0.05, 0) is 54.7 Å². The lowest BCUT2D eigenvalue weighted by Gasteiger charge is -2.29. The molecule has 1 aromatic heterocycles. The van der Waals surface area contributed by atoms with Crippen LogP contribution >= 0.6 is 0 Å². The Morgan fingerprint density at radius 3 is 2.50 bits per heavy atom. The molecule has 1 heterocycles. The van der Waals surface area contributed by atoms with Crippen molar-refractivity contribution >= 4 is 11.0 Å². The van der Waals surface area contributed by atoms with E-state index in [4.69, 9.17) is 23.9 Å². The number of nitrogens with zero attached hydrogens (tertiary/aromatic N) is 2. The number of methoxy groups -OCH3 is 3. The molecule has 1 atom stereocenters. The Kier molecular flexibility index (Phi) is 8.17. The standard InChI is InChI=1S/C30H38N2O4/c1-21(2)22-12-14-30(3,15-13-22)29-31-27-25(23-8-7-9-24(20-23)36-19-18-34-5)10-11-26(35-6)28(27)32(29)16-17-33-4/h7-14,20-21H,15-19H2,1-6H3. The molecule has 1 unspecified atom stereocenters. The molecule has 3 aromatic rings. The van der Waals surface area contributed by atoms with Crippen LogP contribution in [0.5, 0.6) is 11.5 Å². The topological polar surface area (TPSA) is 54.7 Å². The summed E-state index contributed by atoms with van der Waals surface area (Å²) >= 11 is 0. The zero-order chi connectivity index (χ0) is 25.7. The first-order chi connectivity index (χ1) is 17.4. The summed E-state index contributed by atoms with van der Waals surface area (Å²) in [5.41, 5.74) is 5.13. The Hall–Kier alpha value is -3.09. The van der Waals surface area contributed by atoms with Gasteiger partial charge in [0.2, 0.25) is 0 Å². The van der Waals surface area contributed by atoms with Crippen LogP contribution in [-0.4, -0.2) is 50.7 Å². The van der Waals surface area contributed by atoms with E-state index in [0.29, 0.717) is 32.3 Å². The predicted octanol–water partition coefficient (Wildman–Crippen LogP) is 6.18. The summed E-state index contributed by atoms with van der Waals surface area (Å²) in [7, 11) is 5.12. The van der Waals surface area contributed by atoms with Gasteiger partial charge in [-0.25, -0.2) is 4.98 Å². The SMILES string of the molecule is COCCOc1cccc(-c2ccc(OC)c3c2nc(C2(C)C=CC(C(C)C)=CC2)n3CCOC)c1. The average Bonchev–Trinajstić information content (AvgIpc) is 3.28. The van der Waals surface area contributed by atoms with Crippen molar-refractivity contribution in [3.8, 4) is 22.6 Å². The zero-order valence-electron chi connectivity index (χ0n) is 22.3. The maximum Gasteiger partial charge on any atom is 0.144 e. The van der Waals surface area contributed by atoms with Crippen LogP contribution in [0.2, 0.25) is 0 Å². The molecule has 6 heteroatoms. The summed E-state index contributed by atoms with van der Waals surface area (Å²) in [4.78, 5) is 5.31. The van der Waals surface area contributed by atoms with E-state index < -0.39 is 0 Å². The second-order valence-corrected chi connectivity index (χ2v) is 9.78. The summed E-state index contributed by atoms with van der Waals surface area (Å²) in [5.74, 6) is 3.13. The van der Waals surface area contributed by atoms with Crippen molar-refractivity contribution in [2.45, 2.75) is 39.2 Å². The van der Waals surface area contributed by atoms with Crippen LogP contribution in [-0.2, 0) is 21.4 Å². The molecule has 4 rings (SSSR count).